The summed E-state index contributed by atoms with van der Waals surface area (Å²) in [5, 5.41) is 12.0. The molecule has 1 unspecified atom stereocenters. The smallest absolute Gasteiger partial charge is 0.317 e. The molecule has 0 saturated carbocycles. The largest absolute Gasteiger partial charge is 0.481 e. The van der Waals surface area contributed by atoms with Crippen LogP contribution in [0, 0.1) is 11.3 Å². The van der Waals surface area contributed by atoms with Gasteiger partial charge >= 0.3 is 12.0 Å². The average molecular weight is 270 g/mol. The number of rotatable bonds is 6. The number of hydrogen-bond donors (Lipinski definition) is 2. The van der Waals surface area contributed by atoms with Crippen LogP contribution in [0.3, 0.4) is 0 Å². The second-order valence-corrected chi connectivity index (χ2v) is 6.16. The number of carboxylic acid groups (broad SMARTS) is 1. The van der Waals surface area contributed by atoms with Gasteiger partial charge in [-0.25, -0.2) is 4.79 Å². The Kier molecular flexibility index (Phi) is 5.63. The molecule has 5 heteroatoms. The van der Waals surface area contributed by atoms with Crippen LogP contribution in [-0.2, 0) is 4.79 Å². The van der Waals surface area contributed by atoms with E-state index in [0.29, 0.717) is 32.0 Å². The van der Waals surface area contributed by atoms with Crippen molar-refractivity contribution in [3.63, 3.8) is 0 Å². The van der Waals surface area contributed by atoms with Gasteiger partial charge in [0.15, 0.2) is 0 Å². The lowest BCUT2D eigenvalue weighted by Crippen LogP contribution is -2.41. The number of carboxylic acids is 1. The summed E-state index contributed by atoms with van der Waals surface area (Å²) in [6, 6.07) is -0.130. The van der Waals surface area contributed by atoms with E-state index in [2.05, 4.69) is 19.2 Å². The third kappa shape index (κ3) is 4.73. The predicted molar refractivity (Wildman–Crippen MR) is 74.0 cm³/mol. The molecular weight excluding hydrogens is 244 g/mol. The molecular formula is C14H26N2O3. The summed E-state index contributed by atoms with van der Waals surface area (Å²) in [4.78, 5) is 24.6. The zero-order valence-electron chi connectivity index (χ0n) is 12.2. The molecule has 1 aliphatic rings. The molecule has 1 rings (SSSR count). The van der Waals surface area contributed by atoms with Crippen molar-refractivity contribution in [3.8, 4) is 0 Å². The average Bonchev–Trinajstić information content (AvgIpc) is 2.72. The number of aliphatic carboxylic acids is 1. The van der Waals surface area contributed by atoms with Gasteiger partial charge in [-0.05, 0) is 25.7 Å². The monoisotopic (exact) mass is 270 g/mol. The molecule has 1 aliphatic heterocycles. The van der Waals surface area contributed by atoms with E-state index >= 15 is 0 Å². The maximum absolute atomic E-state index is 11.9. The Morgan fingerprint density at radius 3 is 2.58 bits per heavy atom. The summed E-state index contributed by atoms with van der Waals surface area (Å²) in [5.41, 5.74) is -0.783. The number of hydrogen-bond acceptors (Lipinski definition) is 2. The first-order valence-electron chi connectivity index (χ1n) is 7.11. The highest BCUT2D eigenvalue weighted by atomic mass is 16.4. The zero-order valence-corrected chi connectivity index (χ0v) is 12.2. The SMILES string of the molecule is CC(C)CCCCNC(=O)N1CCC(C)(C(=O)O)C1. The second-order valence-electron chi connectivity index (χ2n) is 6.16. The van der Waals surface area contributed by atoms with Crippen LogP contribution in [0.5, 0.6) is 0 Å². The molecule has 1 atom stereocenters. The van der Waals surface area contributed by atoms with Crippen LogP contribution in [0.4, 0.5) is 4.79 Å². The van der Waals surface area contributed by atoms with E-state index in [1.165, 1.54) is 6.42 Å². The fourth-order valence-corrected chi connectivity index (χ4v) is 2.29. The number of urea groups is 1. The van der Waals surface area contributed by atoms with Gasteiger partial charge in [-0.15, -0.1) is 0 Å². The summed E-state index contributed by atoms with van der Waals surface area (Å²) < 4.78 is 0. The van der Waals surface area contributed by atoms with Gasteiger partial charge in [0.05, 0.1) is 5.41 Å². The van der Waals surface area contributed by atoms with E-state index < -0.39 is 11.4 Å². The number of nitrogens with zero attached hydrogens (tertiary/aromatic N) is 1. The van der Waals surface area contributed by atoms with E-state index in [1.807, 2.05) is 0 Å². The number of unbranched alkanes of at least 4 members (excludes halogenated alkanes) is 1. The lowest BCUT2D eigenvalue weighted by molar-refractivity contribution is -0.146. The number of carbonyl (C=O) groups is 2. The van der Waals surface area contributed by atoms with Gasteiger partial charge in [0.2, 0.25) is 0 Å². The van der Waals surface area contributed by atoms with Crippen molar-refractivity contribution in [2.45, 2.75) is 46.5 Å². The van der Waals surface area contributed by atoms with E-state index in [-0.39, 0.29) is 6.03 Å². The van der Waals surface area contributed by atoms with Gasteiger partial charge in [0.25, 0.3) is 0 Å². The lowest BCUT2D eigenvalue weighted by Gasteiger charge is -2.20. The van der Waals surface area contributed by atoms with Crippen LogP contribution in [0.15, 0.2) is 0 Å². The molecule has 1 fully saturated rings. The minimum Gasteiger partial charge on any atom is -0.481 e. The summed E-state index contributed by atoms with van der Waals surface area (Å²) in [7, 11) is 0. The van der Waals surface area contributed by atoms with Crippen molar-refractivity contribution >= 4 is 12.0 Å². The minimum atomic E-state index is -0.820. The highest BCUT2D eigenvalue weighted by Gasteiger charge is 2.42. The van der Waals surface area contributed by atoms with Crippen molar-refractivity contribution in [2.75, 3.05) is 19.6 Å². The van der Waals surface area contributed by atoms with E-state index in [4.69, 9.17) is 5.11 Å². The Hall–Kier alpha value is -1.26. The van der Waals surface area contributed by atoms with Crippen LogP contribution >= 0.6 is 0 Å². The molecule has 0 spiro atoms. The summed E-state index contributed by atoms with van der Waals surface area (Å²) in [6.45, 7) is 7.59. The highest BCUT2D eigenvalue weighted by Crippen LogP contribution is 2.29. The standard InChI is InChI=1S/C14H26N2O3/c1-11(2)6-4-5-8-15-13(19)16-9-7-14(3,10-16)12(17)18/h11H,4-10H2,1-3H3,(H,15,19)(H,17,18). The van der Waals surface area contributed by atoms with Gasteiger partial charge in [-0.3, -0.25) is 4.79 Å². The number of amides is 2. The first-order chi connectivity index (χ1) is 8.85. The molecule has 110 valence electrons. The normalized spacial score (nSPS) is 22.8. The van der Waals surface area contributed by atoms with Crippen LogP contribution in [0.1, 0.15) is 46.5 Å². The van der Waals surface area contributed by atoms with Crippen molar-refractivity contribution < 1.29 is 14.7 Å². The van der Waals surface area contributed by atoms with Crippen molar-refractivity contribution in [1.82, 2.24) is 10.2 Å². The summed E-state index contributed by atoms with van der Waals surface area (Å²) in [5.74, 6) is -0.120. The molecule has 0 radical (unpaired) electrons. The molecule has 0 bridgehead atoms. The summed E-state index contributed by atoms with van der Waals surface area (Å²) >= 11 is 0. The first kappa shape index (κ1) is 15.8. The van der Waals surface area contributed by atoms with Crippen LogP contribution < -0.4 is 5.32 Å². The van der Waals surface area contributed by atoms with Crippen LogP contribution in [0.2, 0.25) is 0 Å². The number of carbonyl (C=O) groups excluding carboxylic acids is 1. The Morgan fingerprint density at radius 1 is 1.37 bits per heavy atom. The van der Waals surface area contributed by atoms with Gasteiger partial charge in [0.1, 0.15) is 0 Å². The van der Waals surface area contributed by atoms with E-state index in [1.54, 1.807) is 11.8 Å². The van der Waals surface area contributed by atoms with Crippen molar-refractivity contribution in [3.05, 3.63) is 0 Å². The molecule has 19 heavy (non-hydrogen) atoms. The molecule has 0 aromatic heterocycles. The first-order valence-corrected chi connectivity index (χ1v) is 7.11. The van der Waals surface area contributed by atoms with Crippen molar-refractivity contribution in [1.29, 1.82) is 0 Å². The van der Waals surface area contributed by atoms with Gasteiger partial charge < -0.3 is 15.3 Å². The molecule has 2 amide bonds. The molecule has 5 nitrogen and oxygen atoms in total. The third-order valence-corrected chi connectivity index (χ3v) is 3.76. The van der Waals surface area contributed by atoms with Gasteiger partial charge in [-0.2, -0.15) is 0 Å². The van der Waals surface area contributed by atoms with Gasteiger partial charge in [-0.1, -0.05) is 26.7 Å². The highest BCUT2D eigenvalue weighted by molar-refractivity contribution is 5.79. The molecule has 0 aromatic carbocycles. The summed E-state index contributed by atoms with van der Waals surface area (Å²) in [6.07, 6.45) is 3.80. The van der Waals surface area contributed by atoms with Crippen LogP contribution in [0.25, 0.3) is 0 Å². The third-order valence-electron chi connectivity index (χ3n) is 3.76. The minimum absolute atomic E-state index is 0.130. The van der Waals surface area contributed by atoms with E-state index in [0.717, 1.165) is 12.8 Å². The van der Waals surface area contributed by atoms with Crippen molar-refractivity contribution in [2.24, 2.45) is 11.3 Å². The van der Waals surface area contributed by atoms with Crippen LogP contribution in [-0.4, -0.2) is 41.6 Å². The predicted octanol–water partition coefficient (Wildman–Crippen LogP) is 2.32. The number of likely N-dealkylation sites (tertiary alicyclic amines) is 1. The maximum atomic E-state index is 11.9. The van der Waals surface area contributed by atoms with E-state index in [9.17, 15) is 9.59 Å². The molecule has 1 heterocycles. The second kappa shape index (κ2) is 6.78. The Morgan fingerprint density at radius 2 is 2.05 bits per heavy atom. The quantitative estimate of drug-likeness (QED) is 0.728. The molecule has 2 N–H and O–H groups in total. The Balaban J connectivity index is 2.23. The fourth-order valence-electron chi connectivity index (χ4n) is 2.29. The topological polar surface area (TPSA) is 69.6 Å². The molecule has 0 aromatic rings. The molecule has 0 aliphatic carbocycles. The maximum Gasteiger partial charge on any atom is 0.317 e. The van der Waals surface area contributed by atoms with Gasteiger partial charge in [0, 0.05) is 19.6 Å². The zero-order chi connectivity index (χ0) is 14.5. The number of nitrogens with one attached hydrogen (secondary N) is 1. The molecule has 1 saturated heterocycles. The Bertz CT molecular complexity index is 331. The fraction of sp³-hybridized carbons (Fsp3) is 0.857. The lowest BCUT2D eigenvalue weighted by atomic mass is 9.90. The Labute approximate surface area is 115 Å².